The maximum absolute atomic E-state index is 13.4. The van der Waals surface area contributed by atoms with Gasteiger partial charge in [0, 0.05) is 11.8 Å². The van der Waals surface area contributed by atoms with Crippen LogP contribution in [-0.4, -0.2) is 26.6 Å². The highest BCUT2D eigenvalue weighted by Gasteiger charge is 2.29. The summed E-state index contributed by atoms with van der Waals surface area (Å²) in [6, 6.07) is 9.97. The number of para-hydroxylation sites is 1. The molecule has 24 heavy (non-hydrogen) atoms. The molecule has 2 aromatic carbocycles. The SMILES string of the molecule is C[C@H](C(=O)Nc1ccccc1)N(c1ccc(F)c(F)c1)S(C)(=O)=O. The van der Waals surface area contributed by atoms with Gasteiger partial charge < -0.3 is 5.32 Å². The van der Waals surface area contributed by atoms with Crippen molar-refractivity contribution in [3.63, 3.8) is 0 Å². The smallest absolute Gasteiger partial charge is 0.247 e. The van der Waals surface area contributed by atoms with Gasteiger partial charge in [-0.1, -0.05) is 18.2 Å². The molecule has 0 aliphatic rings. The van der Waals surface area contributed by atoms with Crippen LogP contribution in [0.25, 0.3) is 0 Å². The molecule has 0 unspecified atom stereocenters. The summed E-state index contributed by atoms with van der Waals surface area (Å²) in [4.78, 5) is 12.3. The van der Waals surface area contributed by atoms with E-state index < -0.39 is 33.6 Å². The van der Waals surface area contributed by atoms with Crippen LogP contribution in [0.2, 0.25) is 0 Å². The molecule has 0 fully saturated rings. The van der Waals surface area contributed by atoms with Gasteiger partial charge in [0.15, 0.2) is 11.6 Å². The Bertz CT molecular complexity index is 842. The van der Waals surface area contributed by atoms with Crippen LogP contribution in [0.5, 0.6) is 0 Å². The van der Waals surface area contributed by atoms with Crippen LogP contribution in [0.1, 0.15) is 6.92 Å². The highest BCUT2D eigenvalue weighted by Crippen LogP contribution is 2.23. The molecule has 0 bridgehead atoms. The van der Waals surface area contributed by atoms with E-state index >= 15 is 0 Å². The second-order valence-electron chi connectivity index (χ2n) is 5.19. The molecule has 0 aliphatic carbocycles. The third-order valence-electron chi connectivity index (χ3n) is 3.29. The van der Waals surface area contributed by atoms with Crippen LogP contribution in [0.15, 0.2) is 48.5 Å². The Morgan fingerprint density at radius 2 is 1.71 bits per heavy atom. The summed E-state index contributed by atoms with van der Waals surface area (Å²) in [6.07, 6.45) is 0.889. The number of benzene rings is 2. The maximum atomic E-state index is 13.4. The fraction of sp³-hybridized carbons (Fsp3) is 0.188. The number of rotatable bonds is 5. The number of nitrogens with one attached hydrogen (secondary N) is 1. The van der Waals surface area contributed by atoms with Gasteiger partial charge in [0.2, 0.25) is 15.9 Å². The van der Waals surface area contributed by atoms with Crippen molar-refractivity contribution in [1.82, 2.24) is 0 Å². The zero-order valence-corrected chi connectivity index (χ0v) is 13.8. The molecule has 0 saturated heterocycles. The van der Waals surface area contributed by atoms with Gasteiger partial charge in [-0.2, -0.15) is 0 Å². The van der Waals surface area contributed by atoms with Crippen molar-refractivity contribution in [3.05, 3.63) is 60.2 Å². The van der Waals surface area contributed by atoms with Crippen LogP contribution in [0.3, 0.4) is 0 Å². The lowest BCUT2D eigenvalue weighted by molar-refractivity contribution is -0.116. The summed E-state index contributed by atoms with van der Waals surface area (Å²) in [5.74, 6) is -2.90. The Balaban J connectivity index is 2.34. The molecule has 0 radical (unpaired) electrons. The summed E-state index contributed by atoms with van der Waals surface area (Å²) < 4.78 is 51.4. The molecule has 1 atom stereocenters. The number of halogens is 2. The van der Waals surface area contributed by atoms with Crippen molar-refractivity contribution in [2.45, 2.75) is 13.0 Å². The Kier molecular flexibility index (Phi) is 5.18. The van der Waals surface area contributed by atoms with Gasteiger partial charge in [0.25, 0.3) is 0 Å². The molecular weight excluding hydrogens is 338 g/mol. The Morgan fingerprint density at radius 3 is 2.25 bits per heavy atom. The largest absolute Gasteiger partial charge is 0.324 e. The topological polar surface area (TPSA) is 66.5 Å². The molecule has 8 heteroatoms. The number of amides is 1. The van der Waals surface area contributed by atoms with Crippen molar-refractivity contribution in [1.29, 1.82) is 0 Å². The summed E-state index contributed by atoms with van der Waals surface area (Å²) in [5, 5.41) is 2.58. The lowest BCUT2D eigenvalue weighted by Gasteiger charge is -2.28. The fourth-order valence-electron chi connectivity index (χ4n) is 2.20. The van der Waals surface area contributed by atoms with E-state index in [9.17, 15) is 22.0 Å². The Labute approximate surface area is 139 Å². The number of nitrogens with zero attached hydrogens (tertiary/aromatic N) is 1. The second-order valence-corrected chi connectivity index (χ2v) is 7.05. The lowest BCUT2D eigenvalue weighted by atomic mass is 10.2. The molecule has 0 spiro atoms. The molecule has 0 aliphatic heterocycles. The number of hydrogen-bond donors (Lipinski definition) is 1. The van der Waals surface area contributed by atoms with Crippen molar-refractivity contribution in [2.24, 2.45) is 0 Å². The van der Waals surface area contributed by atoms with E-state index in [4.69, 9.17) is 0 Å². The van der Waals surface area contributed by atoms with Gasteiger partial charge in [-0.15, -0.1) is 0 Å². The summed E-state index contributed by atoms with van der Waals surface area (Å²) >= 11 is 0. The lowest BCUT2D eigenvalue weighted by Crippen LogP contribution is -2.45. The minimum Gasteiger partial charge on any atom is -0.324 e. The standard InChI is InChI=1S/C16H16F2N2O3S/c1-11(16(21)19-12-6-4-3-5-7-12)20(24(2,22)23)13-8-9-14(17)15(18)10-13/h3-11H,1-2H3,(H,19,21)/t11-/m1/s1. The second kappa shape index (κ2) is 6.96. The molecule has 5 nitrogen and oxygen atoms in total. The van der Waals surface area contributed by atoms with Crippen molar-refractivity contribution < 1.29 is 22.0 Å². The highest BCUT2D eigenvalue weighted by molar-refractivity contribution is 7.92. The third kappa shape index (κ3) is 4.08. The van der Waals surface area contributed by atoms with E-state index in [2.05, 4.69) is 5.32 Å². The number of sulfonamides is 1. The normalized spacial score (nSPS) is 12.5. The van der Waals surface area contributed by atoms with E-state index in [-0.39, 0.29) is 5.69 Å². The van der Waals surface area contributed by atoms with E-state index in [1.165, 1.54) is 6.92 Å². The van der Waals surface area contributed by atoms with Gasteiger partial charge in [0.1, 0.15) is 6.04 Å². The zero-order chi connectivity index (χ0) is 17.9. The first-order valence-electron chi connectivity index (χ1n) is 7.00. The van der Waals surface area contributed by atoms with Gasteiger partial charge in [-0.25, -0.2) is 17.2 Å². The minimum absolute atomic E-state index is 0.132. The van der Waals surface area contributed by atoms with Gasteiger partial charge >= 0.3 is 0 Å². The van der Waals surface area contributed by atoms with Crippen LogP contribution in [0.4, 0.5) is 20.2 Å². The molecule has 0 heterocycles. The zero-order valence-electron chi connectivity index (χ0n) is 13.0. The van der Waals surface area contributed by atoms with Crippen LogP contribution < -0.4 is 9.62 Å². The number of carbonyl (C=O) groups excluding carboxylic acids is 1. The molecule has 128 valence electrons. The molecule has 2 rings (SSSR count). The van der Waals surface area contributed by atoms with E-state index in [0.717, 1.165) is 28.8 Å². The molecule has 0 saturated carbocycles. The van der Waals surface area contributed by atoms with E-state index in [0.29, 0.717) is 5.69 Å². The van der Waals surface area contributed by atoms with Gasteiger partial charge in [-0.3, -0.25) is 9.10 Å². The number of carbonyl (C=O) groups is 1. The molecule has 2 aromatic rings. The maximum Gasteiger partial charge on any atom is 0.247 e. The number of anilines is 2. The summed E-state index contributed by atoms with van der Waals surface area (Å²) in [5.41, 5.74) is 0.361. The highest BCUT2D eigenvalue weighted by atomic mass is 32.2. The first kappa shape index (κ1) is 17.9. The van der Waals surface area contributed by atoms with Gasteiger partial charge in [-0.05, 0) is 31.2 Å². The quantitative estimate of drug-likeness (QED) is 0.898. The molecule has 1 amide bonds. The average molecular weight is 354 g/mol. The predicted molar refractivity (Wildman–Crippen MR) is 88.2 cm³/mol. The number of hydrogen-bond acceptors (Lipinski definition) is 3. The van der Waals surface area contributed by atoms with E-state index in [1.54, 1.807) is 30.3 Å². The Morgan fingerprint density at radius 1 is 1.08 bits per heavy atom. The summed E-state index contributed by atoms with van der Waals surface area (Å²) in [7, 11) is -3.90. The van der Waals surface area contributed by atoms with Crippen molar-refractivity contribution in [2.75, 3.05) is 15.9 Å². The van der Waals surface area contributed by atoms with Crippen LogP contribution >= 0.6 is 0 Å². The molecular formula is C16H16F2N2O3S. The first-order chi connectivity index (χ1) is 11.2. The first-order valence-corrected chi connectivity index (χ1v) is 8.85. The monoisotopic (exact) mass is 354 g/mol. The van der Waals surface area contributed by atoms with Crippen molar-refractivity contribution >= 4 is 27.3 Å². The van der Waals surface area contributed by atoms with Gasteiger partial charge in [0.05, 0.1) is 11.9 Å². The summed E-state index contributed by atoms with van der Waals surface area (Å²) in [6.45, 7) is 1.36. The van der Waals surface area contributed by atoms with Crippen LogP contribution in [-0.2, 0) is 14.8 Å². The Hall–Kier alpha value is -2.48. The van der Waals surface area contributed by atoms with Crippen molar-refractivity contribution in [3.8, 4) is 0 Å². The predicted octanol–water partition coefficient (Wildman–Crippen LogP) is 2.76. The fourth-order valence-corrected chi connectivity index (χ4v) is 3.37. The molecule has 1 N–H and O–H groups in total. The minimum atomic E-state index is -3.90. The third-order valence-corrected chi connectivity index (χ3v) is 4.53. The van der Waals surface area contributed by atoms with Crippen LogP contribution in [0, 0.1) is 11.6 Å². The van der Waals surface area contributed by atoms with E-state index in [1.807, 2.05) is 0 Å². The molecule has 0 aromatic heterocycles. The average Bonchev–Trinajstić information content (AvgIpc) is 2.50.